The number of carbonyl (C=O) groups excluding carboxylic acids is 2. The first kappa shape index (κ1) is 21.6. The highest BCUT2D eigenvalue weighted by molar-refractivity contribution is 7.99. The second kappa shape index (κ2) is 10.6. The van der Waals surface area contributed by atoms with E-state index in [1.54, 1.807) is 23.1 Å². The molecule has 29 heavy (non-hydrogen) atoms. The molecule has 5 nitrogen and oxygen atoms in total. The van der Waals surface area contributed by atoms with Crippen LogP contribution < -0.4 is 10.7 Å². The lowest BCUT2D eigenvalue weighted by atomic mass is 10.1. The van der Waals surface area contributed by atoms with Crippen LogP contribution in [0.25, 0.3) is 0 Å². The lowest BCUT2D eigenvalue weighted by Gasteiger charge is -2.08. The molecule has 0 atom stereocenters. The normalized spacial score (nSPS) is 13.2. The summed E-state index contributed by atoms with van der Waals surface area (Å²) in [6.45, 7) is 3.67. The highest BCUT2D eigenvalue weighted by Crippen LogP contribution is 2.37. The predicted molar refractivity (Wildman–Crippen MR) is 122 cm³/mol. The van der Waals surface area contributed by atoms with Crippen LogP contribution in [0, 0.1) is 0 Å². The minimum absolute atomic E-state index is 0.0611. The second-order valence-corrected chi connectivity index (χ2v) is 9.50. The number of nitrogens with one attached hydrogen (secondary N) is 2. The fourth-order valence-corrected chi connectivity index (χ4v) is 5.43. The second-order valence-electron chi connectivity index (χ2n) is 7.23. The SMILES string of the molecule is CC(C)=NNC(=O)c1c(NC(=O)CCSc2ccccc2)sc2c1CCCCC2. The quantitative estimate of drug-likeness (QED) is 0.273. The van der Waals surface area contributed by atoms with Crippen LogP contribution in [0.5, 0.6) is 0 Å². The Morgan fingerprint density at radius 3 is 2.62 bits per heavy atom. The van der Waals surface area contributed by atoms with Gasteiger partial charge in [0.05, 0.1) is 5.56 Å². The number of hydrogen-bond donors (Lipinski definition) is 2. The Bertz CT molecular complexity index is 887. The zero-order valence-electron chi connectivity index (χ0n) is 16.9. The van der Waals surface area contributed by atoms with Crippen LogP contribution in [0.4, 0.5) is 5.00 Å². The van der Waals surface area contributed by atoms with Crippen molar-refractivity contribution in [2.45, 2.75) is 57.3 Å². The Kier molecular flexibility index (Phi) is 7.89. The van der Waals surface area contributed by atoms with Crippen LogP contribution in [-0.2, 0) is 17.6 Å². The van der Waals surface area contributed by atoms with Crippen molar-refractivity contribution in [2.24, 2.45) is 5.10 Å². The van der Waals surface area contributed by atoms with Crippen molar-refractivity contribution in [3.63, 3.8) is 0 Å². The number of anilines is 1. The Morgan fingerprint density at radius 1 is 1.10 bits per heavy atom. The van der Waals surface area contributed by atoms with Gasteiger partial charge in [0.1, 0.15) is 5.00 Å². The molecule has 2 N–H and O–H groups in total. The van der Waals surface area contributed by atoms with Gasteiger partial charge in [-0.15, -0.1) is 23.1 Å². The highest BCUT2D eigenvalue weighted by Gasteiger charge is 2.25. The topological polar surface area (TPSA) is 70.6 Å². The molecule has 0 radical (unpaired) electrons. The summed E-state index contributed by atoms with van der Waals surface area (Å²) in [5.74, 6) is 0.399. The Balaban J connectivity index is 1.70. The molecule has 1 aliphatic rings. The third-order valence-electron chi connectivity index (χ3n) is 4.62. The van der Waals surface area contributed by atoms with Crippen LogP contribution >= 0.6 is 23.1 Å². The number of nitrogens with zero attached hydrogens (tertiary/aromatic N) is 1. The van der Waals surface area contributed by atoms with Crippen molar-refractivity contribution >= 4 is 45.6 Å². The van der Waals surface area contributed by atoms with Crippen LogP contribution in [-0.4, -0.2) is 23.3 Å². The number of thioether (sulfide) groups is 1. The standard InChI is InChI=1S/C22H27N3O2S2/c1-15(2)24-25-21(27)20-17-11-7-4-8-12-18(17)29-22(20)23-19(26)13-14-28-16-9-5-3-6-10-16/h3,5-6,9-10H,4,7-8,11-14H2,1-2H3,(H,23,26)(H,25,27). The smallest absolute Gasteiger partial charge is 0.274 e. The van der Waals surface area contributed by atoms with Crippen LogP contribution in [0.15, 0.2) is 40.3 Å². The van der Waals surface area contributed by atoms with Crippen LogP contribution in [0.1, 0.15) is 60.3 Å². The molecule has 0 spiro atoms. The summed E-state index contributed by atoms with van der Waals surface area (Å²) >= 11 is 3.20. The van der Waals surface area contributed by atoms with Gasteiger partial charge in [0, 0.05) is 27.7 Å². The average molecular weight is 430 g/mol. The number of aryl methyl sites for hydroxylation is 1. The van der Waals surface area contributed by atoms with Gasteiger partial charge in [-0.3, -0.25) is 9.59 Å². The summed E-state index contributed by atoms with van der Waals surface area (Å²) in [4.78, 5) is 27.7. The molecule has 1 aromatic heterocycles. The first-order valence-corrected chi connectivity index (χ1v) is 11.8. The summed E-state index contributed by atoms with van der Waals surface area (Å²) in [7, 11) is 0. The van der Waals surface area contributed by atoms with E-state index in [1.807, 2.05) is 44.2 Å². The molecule has 1 aromatic carbocycles. The molecule has 1 aliphatic carbocycles. The van der Waals surface area contributed by atoms with Gasteiger partial charge in [-0.2, -0.15) is 5.10 Å². The number of rotatable bonds is 7. The lowest BCUT2D eigenvalue weighted by molar-refractivity contribution is -0.115. The molecule has 0 aliphatic heterocycles. The monoisotopic (exact) mass is 429 g/mol. The minimum Gasteiger partial charge on any atom is -0.317 e. The highest BCUT2D eigenvalue weighted by atomic mass is 32.2. The van der Waals surface area contributed by atoms with Gasteiger partial charge < -0.3 is 5.32 Å². The Hall–Kier alpha value is -2.12. The number of benzene rings is 1. The molecule has 0 fully saturated rings. The molecule has 7 heteroatoms. The Morgan fingerprint density at radius 2 is 1.86 bits per heavy atom. The van der Waals surface area contributed by atoms with E-state index in [-0.39, 0.29) is 11.8 Å². The number of fused-ring (bicyclic) bond motifs is 1. The minimum atomic E-state index is -0.237. The van der Waals surface area contributed by atoms with Gasteiger partial charge in [-0.05, 0) is 57.2 Å². The van der Waals surface area contributed by atoms with Crippen LogP contribution in [0.3, 0.4) is 0 Å². The fraction of sp³-hybridized carbons (Fsp3) is 0.409. The van der Waals surface area contributed by atoms with Gasteiger partial charge in [0.2, 0.25) is 5.91 Å². The van der Waals surface area contributed by atoms with Crippen LogP contribution in [0.2, 0.25) is 0 Å². The third-order valence-corrected chi connectivity index (χ3v) is 6.84. The van der Waals surface area contributed by atoms with Crippen molar-refractivity contribution in [1.29, 1.82) is 0 Å². The van der Waals surface area contributed by atoms with Crippen molar-refractivity contribution in [1.82, 2.24) is 5.43 Å². The molecule has 0 bridgehead atoms. The zero-order chi connectivity index (χ0) is 20.6. The molecule has 2 aromatic rings. The summed E-state index contributed by atoms with van der Waals surface area (Å²) in [6, 6.07) is 10.0. The fourth-order valence-electron chi connectivity index (χ4n) is 3.26. The number of hydrogen-bond acceptors (Lipinski definition) is 5. The van der Waals surface area contributed by atoms with Gasteiger partial charge in [-0.25, -0.2) is 5.43 Å². The molecular weight excluding hydrogens is 402 g/mol. The molecule has 0 unspecified atom stereocenters. The summed E-state index contributed by atoms with van der Waals surface area (Å²) in [6.07, 6.45) is 5.62. The number of amides is 2. The summed E-state index contributed by atoms with van der Waals surface area (Å²) in [5.41, 5.74) is 5.10. The van der Waals surface area contributed by atoms with Crippen molar-refractivity contribution < 1.29 is 9.59 Å². The van der Waals surface area contributed by atoms with E-state index < -0.39 is 0 Å². The molecule has 3 rings (SSSR count). The van der Waals surface area contributed by atoms with E-state index in [1.165, 1.54) is 11.3 Å². The zero-order valence-corrected chi connectivity index (χ0v) is 18.5. The van der Waals surface area contributed by atoms with E-state index in [9.17, 15) is 9.59 Å². The average Bonchev–Trinajstić information content (AvgIpc) is 2.87. The maximum absolute atomic E-state index is 12.8. The maximum Gasteiger partial charge on any atom is 0.274 e. The first-order valence-electron chi connectivity index (χ1n) is 9.98. The summed E-state index contributed by atoms with van der Waals surface area (Å²) in [5, 5.41) is 7.72. The van der Waals surface area contributed by atoms with E-state index >= 15 is 0 Å². The molecule has 154 valence electrons. The number of hydrazone groups is 1. The van der Waals surface area contributed by atoms with Gasteiger partial charge in [-0.1, -0.05) is 24.6 Å². The maximum atomic E-state index is 12.8. The Labute approximate surface area is 180 Å². The van der Waals surface area contributed by atoms with Gasteiger partial charge in [0.25, 0.3) is 5.91 Å². The van der Waals surface area contributed by atoms with Gasteiger partial charge >= 0.3 is 0 Å². The molecular formula is C22H27N3O2S2. The largest absolute Gasteiger partial charge is 0.317 e. The van der Waals surface area contributed by atoms with E-state index in [4.69, 9.17) is 0 Å². The summed E-state index contributed by atoms with van der Waals surface area (Å²) < 4.78 is 0. The molecule has 0 saturated carbocycles. The van der Waals surface area contributed by atoms with Crippen molar-refractivity contribution in [3.8, 4) is 0 Å². The van der Waals surface area contributed by atoms with Gasteiger partial charge in [0.15, 0.2) is 0 Å². The van der Waals surface area contributed by atoms with Crippen molar-refractivity contribution in [2.75, 3.05) is 11.1 Å². The lowest BCUT2D eigenvalue weighted by Crippen LogP contribution is -2.22. The number of carbonyl (C=O) groups is 2. The molecule has 1 heterocycles. The van der Waals surface area contributed by atoms with E-state index in [0.29, 0.717) is 22.7 Å². The van der Waals surface area contributed by atoms with E-state index in [2.05, 4.69) is 15.8 Å². The molecule has 0 saturated heterocycles. The third kappa shape index (κ3) is 6.18. The predicted octanol–water partition coefficient (Wildman–Crippen LogP) is 5.26. The molecule has 2 amide bonds. The number of thiophene rings is 1. The van der Waals surface area contributed by atoms with Crippen molar-refractivity contribution in [3.05, 3.63) is 46.3 Å². The van der Waals surface area contributed by atoms with E-state index in [0.717, 1.165) is 41.9 Å². The first-order chi connectivity index (χ1) is 14.0.